The van der Waals surface area contributed by atoms with Crippen LogP contribution in [0, 0.1) is 23.4 Å². The van der Waals surface area contributed by atoms with Gasteiger partial charge in [0.05, 0.1) is 11.6 Å². The van der Waals surface area contributed by atoms with Gasteiger partial charge in [-0.3, -0.25) is 14.4 Å². The summed E-state index contributed by atoms with van der Waals surface area (Å²) in [6.45, 7) is 0.00261. The number of nitrogens with zero attached hydrogens (tertiary/aromatic N) is 1. The summed E-state index contributed by atoms with van der Waals surface area (Å²) in [6, 6.07) is 6.83. The Morgan fingerprint density at radius 2 is 1.68 bits per heavy atom. The Kier molecular flexibility index (Phi) is 7.32. The van der Waals surface area contributed by atoms with Crippen LogP contribution in [0.3, 0.4) is 0 Å². The highest BCUT2D eigenvalue weighted by atomic mass is 79.9. The van der Waals surface area contributed by atoms with Crippen LogP contribution in [0.1, 0.15) is 23.2 Å². The lowest BCUT2D eigenvalue weighted by Crippen LogP contribution is -2.41. The molecule has 0 unspecified atom stereocenters. The number of benzene rings is 2. The maximum atomic E-state index is 13.8. The monoisotopic (exact) mass is 498 g/mol. The van der Waals surface area contributed by atoms with Crippen LogP contribution in [-0.2, 0) is 14.3 Å². The average Bonchev–Trinajstić information content (AvgIpc) is 2.74. The summed E-state index contributed by atoms with van der Waals surface area (Å²) < 4.78 is 44.9. The summed E-state index contributed by atoms with van der Waals surface area (Å²) in [6.07, 6.45) is 0.705. The van der Waals surface area contributed by atoms with E-state index in [1.807, 2.05) is 0 Å². The van der Waals surface area contributed by atoms with E-state index in [9.17, 15) is 27.6 Å². The van der Waals surface area contributed by atoms with E-state index in [4.69, 9.17) is 4.74 Å². The van der Waals surface area contributed by atoms with E-state index in [-0.39, 0.29) is 16.1 Å². The second-order valence-corrected chi connectivity index (χ2v) is 7.83. The van der Waals surface area contributed by atoms with Crippen LogP contribution in [-0.4, -0.2) is 42.4 Å². The first-order chi connectivity index (χ1) is 14.7. The number of carbonyl (C=O) groups is 3. The minimum Gasteiger partial charge on any atom is -0.455 e. The third-order valence-electron chi connectivity index (χ3n) is 4.82. The van der Waals surface area contributed by atoms with Gasteiger partial charge in [-0.2, -0.15) is 0 Å². The van der Waals surface area contributed by atoms with Crippen LogP contribution >= 0.6 is 15.9 Å². The van der Waals surface area contributed by atoms with Gasteiger partial charge in [-0.05, 0) is 59.1 Å². The number of carbonyl (C=O) groups excluding carboxylic acids is 3. The Morgan fingerprint density at radius 3 is 2.29 bits per heavy atom. The predicted molar refractivity (Wildman–Crippen MR) is 109 cm³/mol. The largest absolute Gasteiger partial charge is 0.455 e. The van der Waals surface area contributed by atoms with Crippen molar-refractivity contribution < 1.29 is 32.3 Å². The van der Waals surface area contributed by atoms with Gasteiger partial charge in [-0.25, -0.2) is 13.2 Å². The SMILES string of the molecule is O=C(COC(=O)C1CCN(C(=O)c2ccc(F)cc2)CC1)Nc1c(F)cc(F)cc1Br. The van der Waals surface area contributed by atoms with Crippen molar-refractivity contribution in [2.24, 2.45) is 5.92 Å². The summed E-state index contributed by atoms with van der Waals surface area (Å²) in [5, 5.41) is 2.22. The summed E-state index contributed by atoms with van der Waals surface area (Å²) in [5.41, 5.74) is 0.105. The van der Waals surface area contributed by atoms with Crippen LogP contribution < -0.4 is 5.32 Å². The first-order valence-corrected chi connectivity index (χ1v) is 10.2. The fraction of sp³-hybridized carbons (Fsp3) is 0.286. The number of piperidine rings is 1. The molecular formula is C21H18BrF3N2O4. The van der Waals surface area contributed by atoms with Crippen LogP contribution in [0.15, 0.2) is 40.9 Å². The Bertz CT molecular complexity index is 970. The molecular weight excluding hydrogens is 481 g/mol. The van der Waals surface area contributed by atoms with E-state index in [2.05, 4.69) is 21.2 Å². The zero-order valence-corrected chi connectivity index (χ0v) is 17.8. The van der Waals surface area contributed by atoms with E-state index >= 15 is 0 Å². The molecule has 6 nitrogen and oxygen atoms in total. The van der Waals surface area contributed by atoms with Crippen LogP contribution in [0.5, 0.6) is 0 Å². The Hall–Kier alpha value is -2.88. The molecule has 10 heteroatoms. The van der Waals surface area contributed by atoms with Gasteiger partial charge in [0.25, 0.3) is 11.8 Å². The number of rotatable bonds is 5. The maximum absolute atomic E-state index is 13.8. The lowest BCUT2D eigenvalue weighted by atomic mass is 9.96. The minimum atomic E-state index is -0.968. The van der Waals surface area contributed by atoms with Crippen molar-refractivity contribution in [3.63, 3.8) is 0 Å². The van der Waals surface area contributed by atoms with Crippen LogP contribution in [0.25, 0.3) is 0 Å². The molecule has 0 bridgehead atoms. The summed E-state index contributed by atoms with van der Waals surface area (Å²) in [7, 11) is 0. The summed E-state index contributed by atoms with van der Waals surface area (Å²) in [4.78, 5) is 38.2. The molecule has 3 rings (SSSR count). The third kappa shape index (κ3) is 5.84. The topological polar surface area (TPSA) is 75.7 Å². The Balaban J connectivity index is 1.46. The molecule has 1 saturated heterocycles. The highest BCUT2D eigenvalue weighted by Gasteiger charge is 2.29. The van der Waals surface area contributed by atoms with Gasteiger partial charge in [-0.1, -0.05) is 0 Å². The first-order valence-electron chi connectivity index (χ1n) is 9.40. The molecule has 0 aliphatic carbocycles. The number of nitrogens with one attached hydrogen (secondary N) is 1. The number of hydrogen-bond acceptors (Lipinski definition) is 4. The molecule has 1 aliphatic rings. The minimum absolute atomic E-state index is 0.0165. The standard InChI is InChI=1S/C21H18BrF3N2O4/c22-16-9-15(24)10-17(25)19(16)26-18(28)11-31-21(30)13-5-7-27(8-6-13)20(29)12-1-3-14(23)4-2-12/h1-4,9-10,13H,5-8,11H2,(H,26,28). The fourth-order valence-electron chi connectivity index (χ4n) is 3.18. The predicted octanol–water partition coefficient (Wildman–Crippen LogP) is 3.90. The fourth-order valence-corrected chi connectivity index (χ4v) is 3.69. The van der Waals surface area contributed by atoms with Crippen molar-refractivity contribution in [3.8, 4) is 0 Å². The molecule has 0 saturated carbocycles. The van der Waals surface area contributed by atoms with Gasteiger partial charge in [0, 0.05) is 29.2 Å². The van der Waals surface area contributed by atoms with Crippen LogP contribution in [0.2, 0.25) is 0 Å². The zero-order chi connectivity index (χ0) is 22.5. The normalized spacial score (nSPS) is 14.3. The lowest BCUT2D eigenvalue weighted by Gasteiger charge is -2.31. The molecule has 31 heavy (non-hydrogen) atoms. The molecule has 0 atom stereocenters. The number of esters is 1. The van der Waals surface area contributed by atoms with Gasteiger partial charge in [-0.15, -0.1) is 0 Å². The van der Waals surface area contributed by atoms with Gasteiger partial charge < -0.3 is 15.0 Å². The maximum Gasteiger partial charge on any atom is 0.309 e. The number of ether oxygens (including phenoxy) is 1. The molecule has 1 N–H and O–H groups in total. The van der Waals surface area contributed by atoms with Gasteiger partial charge in [0.2, 0.25) is 0 Å². The van der Waals surface area contributed by atoms with Crippen molar-refractivity contribution in [3.05, 3.63) is 63.9 Å². The van der Waals surface area contributed by atoms with Crippen molar-refractivity contribution in [1.29, 1.82) is 0 Å². The van der Waals surface area contributed by atoms with Crippen molar-refractivity contribution in [2.45, 2.75) is 12.8 Å². The molecule has 2 aromatic rings. The molecule has 164 valence electrons. The quantitative estimate of drug-likeness (QED) is 0.634. The smallest absolute Gasteiger partial charge is 0.309 e. The van der Waals surface area contributed by atoms with Gasteiger partial charge in [0.1, 0.15) is 11.6 Å². The van der Waals surface area contributed by atoms with E-state index in [1.165, 1.54) is 24.3 Å². The third-order valence-corrected chi connectivity index (χ3v) is 5.45. The lowest BCUT2D eigenvalue weighted by molar-refractivity contribution is -0.152. The zero-order valence-electron chi connectivity index (χ0n) is 16.2. The second-order valence-electron chi connectivity index (χ2n) is 6.97. The number of amides is 2. The van der Waals surface area contributed by atoms with Crippen molar-refractivity contribution >= 4 is 39.4 Å². The summed E-state index contributed by atoms with van der Waals surface area (Å²) in [5.74, 6) is -4.32. The molecule has 0 aromatic heterocycles. The van der Waals surface area contributed by atoms with Gasteiger partial charge >= 0.3 is 5.97 Å². The second kappa shape index (κ2) is 9.95. The van der Waals surface area contributed by atoms with Crippen LogP contribution in [0.4, 0.5) is 18.9 Å². The molecule has 1 aliphatic heterocycles. The number of likely N-dealkylation sites (tertiary alicyclic amines) is 1. The highest BCUT2D eigenvalue weighted by molar-refractivity contribution is 9.10. The van der Waals surface area contributed by atoms with E-state index in [0.29, 0.717) is 37.6 Å². The molecule has 0 spiro atoms. The van der Waals surface area contributed by atoms with E-state index in [0.717, 1.165) is 6.07 Å². The number of anilines is 1. The Morgan fingerprint density at radius 1 is 1.03 bits per heavy atom. The molecule has 0 radical (unpaired) electrons. The Labute approximate surface area is 184 Å². The van der Waals surface area contributed by atoms with Crippen molar-refractivity contribution in [1.82, 2.24) is 4.90 Å². The molecule has 2 amide bonds. The molecule has 1 fully saturated rings. The first kappa shape index (κ1) is 22.8. The van der Waals surface area contributed by atoms with Gasteiger partial charge in [0.15, 0.2) is 12.4 Å². The molecule has 1 heterocycles. The number of hydrogen-bond donors (Lipinski definition) is 1. The number of halogens is 4. The van der Waals surface area contributed by atoms with E-state index in [1.54, 1.807) is 4.90 Å². The summed E-state index contributed by atoms with van der Waals surface area (Å²) >= 11 is 2.95. The van der Waals surface area contributed by atoms with E-state index < -0.39 is 41.9 Å². The van der Waals surface area contributed by atoms with Crippen molar-refractivity contribution in [2.75, 3.05) is 25.0 Å². The molecule has 2 aromatic carbocycles. The average molecular weight is 499 g/mol. The highest BCUT2D eigenvalue weighted by Crippen LogP contribution is 2.27.